The van der Waals surface area contributed by atoms with Crippen molar-refractivity contribution < 1.29 is 10.2 Å². The number of halogens is 1. The smallest absolute Gasteiger partial charge is 0.272 e. The number of hydrogen-bond donors (Lipinski definition) is 3. The average Bonchev–Trinajstić information content (AvgIpc) is 2.37. The van der Waals surface area contributed by atoms with E-state index < -0.39 is 12.2 Å². The summed E-state index contributed by atoms with van der Waals surface area (Å²) in [5.41, 5.74) is 0.279. The third-order valence-electron chi connectivity index (χ3n) is 2.55. The van der Waals surface area contributed by atoms with Gasteiger partial charge in [0.1, 0.15) is 6.10 Å². The van der Waals surface area contributed by atoms with Crippen molar-refractivity contribution in [1.82, 2.24) is 10.2 Å². The molecule has 5 nitrogen and oxygen atoms in total. The molecular formula is C11H11BrN2O3. The number of benzene rings is 1. The number of nitrogens with zero attached hydrogens (tertiary/aromatic N) is 1. The number of H-pyrrole nitrogens is 1. The molecule has 0 saturated heterocycles. The Morgan fingerprint density at radius 3 is 2.88 bits per heavy atom. The van der Waals surface area contributed by atoms with E-state index >= 15 is 0 Å². The summed E-state index contributed by atoms with van der Waals surface area (Å²) in [5, 5.41) is 26.8. The van der Waals surface area contributed by atoms with E-state index in [1.807, 2.05) is 0 Å². The Morgan fingerprint density at radius 1 is 1.41 bits per heavy atom. The maximum absolute atomic E-state index is 11.4. The molecule has 0 fully saturated rings. The van der Waals surface area contributed by atoms with E-state index in [2.05, 4.69) is 26.1 Å². The Bertz CT molecular complexity index is 584. The van der Waals surface area contributed by atoms with Crippen LogP contribution in [0.15, 0.2) is 29.2 Å². The molecule has 0 saturated carbocycles. The summed E-state index contributed by atoms with van der Waals surface area (Å²) in [7, 11) is 0. The molecule has 3 N–H and O–H groups in total. The lowest BCUT2D eigenvalue weighted by molar-refractivity contribution is 0.0343. The monoisotopic (exact) mass is 298 g/mol. The highest BCUT2D eigenvalue weighted by atomic mass is 79.9. The Kier molecular flexibility index (Phi) is 3.56. The summed E-state index contributed by atoms with van der Waals surface area (Å²) in [5.74, 6) is 0. The fourth-order valence-electron chi connectivity index (χ4n) is 1.61. The molecule has 2 rings (SSSR count). The zero-order valence-corrected chi connectivity index (χ0v) is 10.4. The molecule has 90 valence electrons. The van der Waals surface area contributed by atoms with Crippen LogP contribution < -0.4 is 5.56 Å². The molecule has 2 aromatic rings. The zero-order valence-electron chi connectivity index (χ0n) is 8.80. The van der Waals surface area contributed by atoms with Crippen LogP contribution in [0.5, 0.6) is 0 Å². The molecule has 17 heavy (non-hydrogen) atoms. The Hall–Kier alpha value is -1.24. The van der Waals surface area contributed by atoms with Gasteiger partial charge >= 0.3 is 0 Å². The normalized spacial score (nSPS) is 14.8. The highest BCUT2D eigenvalue weighted by Crippen LogP contribution is 2.21. The van der Waals surface area contributed by atoms with Crippen LogP contribution in [-0.4, -0.2) is 31.8 Å². The molecule has 6 heteroatoms. The lowest BCUT2D eigenvalue weighted by atomic mass is 10.0. The third-order valence-corrected chi connectivity index (χ3v) is 3.22. The number of aliphatic hydroxyl groups excluding tert-OH is 2. The van der Waals surface area contributed by atoms with E-state index in [9.17, 15) is 15.0 Å². The van der Waals surface area contributed by atoms with Gasteiger partial charge in [0.15, 0.2) is 0 Å². The van der Waals surface area contributed by atoms with Gasteiger partial charge in [0, 0.05) is 10.7 Å². The topological polar surface area (TPSA) is 86.2 Å². The molecule has 0 aliphatic heterocycles. The van der Waals surface area contributed by atoms with Crippen molar-refractivity contribution in [3.05, 3.63) is 40.3 Å². The summed E-state index contributed by atoms with van der Waals surface area (Å²) in [6.45, 7) is 0. The fraction of sp³-hybridized carbons (Fsp3) is 0.273. The van der Waals surface area contributed by atoms with E-state index in [0.29, 0.717) is 16.3 Å². The minimum atomic E-state index is -0.988. The van der Waals surface area contributed by atoms with Crippen molar-refractivity contribution in [3.63, 3.8) is 0 Å². The second-order valence-corrected chi connectivity index (χ2v) is 4.36. The SMILES string of the molecule is O=c1[nH]ncc2cc(C(O)C(O)CBr)ccc12. The molecule has 2 unspecified atom stereocenters. The number of alkyl halides is 1. The van der Waals surface area contributed by atoms with Crippen LogP contribution in [0.1, 0.15) is 11.7 Å². The second kappa shape index (κ2) is 4.95. The summed E-state index contributed by atoms with van der Waals surface area (Å²) in [6, 6.07) is 4.87. The number of hydrogen-bond acceptors (Lipinski definition) is 4. The van der Waals surface area contributed by atoms with Gasteiger partial charge in [0.05, 0.1) is 17.7 Å². The van der Waals surface area contributed by atoms with E-state index in [4.69, 9.17) is 0 Å². The first-order valence-corrected chi connectivity index (χ1v) is 6.15. The largest absolute Gasteiger partial charge is 0.389 e. The predicted octanol–water partition coefficient (Wildman–Crippen LogP) is 0.712. The number of nitrogens with one attached hydrogen (secondary N) is 1. The van der Waals surface area contributed by atoms with Crippen molar-refractivity contribution >= 4 is 26.7 Å². The molecule has 0 radical (unpaired) electrons. The van der Waals surface area contributed by atoms with Crippen molar-refractivity contribution in [1.29, 1.82) is 0 Å². The van der Waals surface area contributed by atoms with Crippen LogP contribution in [0.2, 0.25) is 0 Å². The second-order valence-electron chi connectivity index (χ2n) is 3.71. The van der Waals surface area contributed by atoms with Gasteiger partial charge in [-0.05, 0) is 17.7 Å². The average molecular weight is 299 g/mol. The molecule has 0 aliphatic rings. The zero-order chi connectivity index (χ0) is 12.4. The van der Waals surface area contributed by atoms with Gasteiger partial charge in [0.2, 0.25) is 0 Å². The first kappa shape index (κ1) is 12.2. The summed E-state index contributed by atoms with van der Waals surface area (Å²) in [4.78, 5) is 11.4. The molecule has 0 bridgehead atoms. The number of aromatic amines is 1. The molecule has 1 aromatic carbocycles. The first-order valence-electron chi connectivity index (χ1n) is 5.03. The van der Waals surface area contributed by atoms with Gasteiger partial charge < -0.3 is 10.2 Å². The molecule has 0 amide bonds. The number of aliphatic hydroxyl groups is 2. The molecule has 0 aliphatic carbocycles. The highest BCUT2D eigenvalue weighted by molar-refractivity contribution is 9.09. The Balaban J connectivity index is 2.48. The number of rotatable bonds is 3. The van der Waals surface area contributed by atoms with Gasteiger partial charge in [-0.25, -0.2) is 5.10 Å². The lowest BCUT2D eigenvalue weighted by Crippen LogP contribution is -2.19. The van der Waals surface area contributed by atoms with Gasteiger partial charge in [-0.3, -0.25) is 4.79 Å². The van der Waals surface area contributed by atoms with Crippen LogP contribution >= 0.6 is 15.9 Å². The minimum Gasteiger partial charge on any atom is -0.389 e. The summed E-state index contributed by atoms with van der Waals surface area (Å²) < 4.78 is 0. The van der Waals surface area contributed by atoms with Gasteiger partial charge in [-0.1, -0.05) is 22.0 Å². The first-order chi connectivity index (χ1) is 8.13. The van der Waals surface area contributed by atoms with Gasteiger partial charge in [0.25, 0.3) is 5.56 Å². The number of aromatic nitrogens is 2. The van der Waals surface area contributed by atoms with Crippen LogP contribution in [0.4, 0.5) is 0 Å². The molecule has 2 atom stereocenters. The standard InChI is InChI=1S/C11H11BrN2O3/c12-4-9(15)10(16)6-1-2-8-7(3-6)5-13-14-11(8)17/h1-3,5,9-10,15-16H,4H2,(H,14,17). The molecule has 1 heterocycles. The van der Waals surface area contributed by atoms with Gasteiger partial charge in [-0.2, -0.15) is 5.10 Å². The Labute approximate surface area is 105 Å². The van der Waals surface area contributed by atoms with Crippen LogP contribution in [0.3, 0.4) is 0 Å². The minimum absolute atomic E-state index is 0.274. The molecule has 1 aromatic heterocycles. The lowest BCUT2D eigenvalue weighted by Gasteiger charge is -2.16. The van der Waals surface area contributed by atoms with E-state index in [1.54, 1.807) is 18.2 Å². The van der Waals surface area contributed by atoms with Crippen LogP contribution in [0, 0.1) is 0 Å². The highest BCUT2D eigenvalue weighted by Gasteiger charge is 2.17. The summed E-state index contributed by atoms with van der Waals surface area (Å²) in [6.07, 6.45) is -0.367. The van der Waals surface area contributed by atoms with Crippen molar-refractivity contribution in [2.75, 3.05) is 5.33 Å². The van der Waals surface area contributed by atoms with E-state index in [1.165, 1.54) is 6.20 Å². The molecule has 0 spiro atoms. The quantitative estimate of drug-likeness (QED) is 0.729. The summed E-state index contributed by atoms with van der Waals surface area (Å²) >= 11 is 3.10. The van der Waals surface area contributed by atoms with Crippen molar-refractivity contribution in [2.45, 2.75) is 12.2 Å². The fourth-order valence-corrected chi connectivity index (χ4v) is 1.96. The van der Waals surface area contributed by atoms with Crippen LogP contribution in [-0.2, 0) is 0 Å². The number of fused-ring (bicyclic) bond motifs is 1. The third kappa shape index (κ3) is 2.38. The Morgan fingerprint density at radius 2 is 2.18 bits per heavy atom. The van der Waals surface area contributed by atoms with E-state index in [0.717, 1.165) is 0 Å². The van der Waals surface area contributed by atoms with Crippen LogP contribution in [0.25, 0.3) is 10.8 Å². The molecular weight excluding hydrogens is 288 g/mol. The maximum atomic E-state index is 11.4. The van der Waals surface area contributed by atoms with Crippen molar-refractivity contribution in [2.24, 2.45) is 0 Å². The van der Waals surface area contributed by atoms with Gasteiger partial charge in [-0.15, -0.1) is 0 Å². The maximum Gasteiger partial charge on any atom is 0.272 e. The van der Waals surface area contributed by atoms with Crippen molar-refractivity contribution in [3.8, 4) is 0 Å². The predicted molar refractivity (Wildman–Crippen MR) is 67.1 cm³/mol. The van der Waals surface area contributed by atoms with E-state index in [-0.39, 0.29) is 10.9 Å².